The summed E-state index contributed by atoms with van der Waals surface area (Å²) in [5.74, 6) is 0.451. The number of ether oxygens (including phenoxy) is 1. The number of esters is 1. The zero-order valence-electron chi connectivity index (χ0n) is 14.9. The third kappa shape index (κ3) is 4.70. The van der Waals surface area contributed by atoms with Crippen molar-refractivity contribution in [2.24, 2.45) is 5.92 Å². The van der Waals surface area contributed by atoms with Crippen molar-refractivity contribution < 1.29 is 9.53 Å². The smallest absolute Gasteiger partial charge is 0.308 e. The zero-order valence-corrected chi connectivity index (χ0v) is 14.9. The molecule has 0 amide bonds. The van der Waals surface area contributed by atoms with E-state index in [1.807, 2.05) is 0 Å². The van der Waals surface area contributed by atoms with Gasteiger partial charge in [-0.05, 0) is 50.0 Å². The van der Waals surface area contributed by atoms with Crippen LogP contribution in [-0.2, 0) is 9.53 Å². The second-order valence-corrected chi connectivity index (χ2v) is 6.80. The first kappa shape index (κ1) is 17.7. The lowest BCUT2D eigenvalue weighted by molar-refractivity contribution is -0.147. The predicted octanol–water partition coefficient (Wildman–Crippen LogP) is 4.09. The van der Waals surface area contributed by atoms with Crippen molar-refractivity contribution in [2.45, 2.75) is 25.2 Å². The Bertz CT molecular complexity index is 609. The average Bonchev–Trinajstić information content (AvgIpc) is 2.70. The number of nitrogens with zero attached hydrogens (tertiary/aromatic N) is 1. The van der Waals surface area contributed by atoms with Crippen LogP contribution in [0.25, 0.3) is 0 Å². The molecule has 0 N–H and O–H groups in total. The number of methoxy groups -OCH3 is 1. The molecule has 2 aromatic carbocycles. The molecule has 3 nitrogen and oxygen atoms in total. The number of rotatable bonds is 6. The van der Waals surface area contributed by atoms with E-state index in [1.165, 1.54) is 18.2 Å². The van der Waals surface area contributed by atoms with Gasteiger partial charge in [0.25, 0.3) is 0 Å². The molecule has 1 heterocycles. The Kier molecular flexibility index (Phi) is 6.24. The summed E-state index contributed by atoms with van der Waals surface area (Å²) < 4.78 is 4.88. The van der Waals surface area contributed by atoms with Crippen molar-refractivity contribution in [2.75, 3.05) is 26.7 Å². The fraction of sp³-hybridized carbons (Fsp3) is 0.409. The molecule has 3 rings (SSSR count). The van der Waals surface area contributed by atoms with Gasteiger partial charge in [0.05, 0.1) is 13.0 Å². The van der Waals surface area contributed by atoms with Crippen LogP contribution in [0.1, 0.15) is 36.3 Å². The quantitative estimate of drug-likeness (QED) is 0.744. The fourth-order valence-electron chi connectivity index (χ4n) is 3.77. The highest BCUT2D eigenvalue weighted by Gasteiger charge is 2.26. The number of likely N-dealkylation sites (tertiary alicyclic amines) is 1. The molecule has 1 aliphatic rings. The summed E-state index contributed by atoms with van der Waals surface area (Å²) in [6.07, 6.45) is 2.92. The van der Waals surface area contributed by atoms with Crippen molar-refractivity contribution in [3.63, 3.8) is 0 Å². The van der Waals surface area contributed by atoms with E-state index in [9.17, 15) is 4.79 Å². The molecule has 0 spiro atoms. The Labute approximate surface area is 150 Å². The summed E-state index contributed by atoms with van der Waals surface area (Å²) in [7, 11) is 1.49. The second-order valence-electron chi connectivity index (χ2n) is 6.80. The lowest BCUT2D eigenvalue weighted by Gasteiger charge is -2.31. The van der Waals surface area contributed by atoms with E-state index in [4.69, 9.17) is 4.74 Å². The normalized spacial score (nSPS) is 16.1. The molecule has 132 valence electrons. The molecule has 1 fully saturated rings. The van der Waals surface area contributed by atoms with Crippen molar-refractivity contribution in [3.8, 4) is 0 Å². The van der Waals surface area contributed by atoms with Crippen molar-refractivity contribution >= 4 is 5.97 Å². The molecule has 2 aromatic rings. The molecule has 1 aliphatic heterocycles. The number of hydrogen-bond donors (Lipinski definition) is 0. The van der Waals surface area contributed by atoms with E-state index in [0.717, 1.165) is 38.9 Å². The van der Waals surface area contributed by atoms with Gasteiger partial charge in [-0.1, -0.05) is 60.7 Å². The molecule has 1 saturated heterocycles. The Hall–Kier alpha value is -2.13. The topological polar surface area (TPSA) is 29.5 Å². The standard InChI is InChI=1S/C22H27NO2/c1-25-22(24)20-12-15-23(16-13-20)17-14-21(18-8-4-2-5-9-18)19-10-6-3-7-11-19/h2-11,20-21H,12-17H2,1H3. The maximum Gasteiger partial charge on any atom is 0.308 e. The Balaban J connectivity index is 1.62. The molecule has 0 unspecified atom stereocenters. The zero-order chi connectivity index (χ0) is 17.5. The van der Waals surface area contributed by atoms with E-state index in [1.54, 1.807) is 0 Å². The molecule has 0 aliphatic carbocycles. The van der Waals surface area contributed by atoms with Crippen LogP contribution in [0.2, 0.25) is 0 Å². The highest BCUT2D eigenvalue weighted by atomic mass is 16.5. The van der Waals surface area contributed by atoms with Crippen LogP contribution in [0.4, 0.5) is 0 Å². The van der Waals surface area contributed by atoms with E-state index >= 15 is 0 Å². The molecular weight excluding hydrogens is 310 g/mol. The van der Waals surface area contributed by atoms with Gasteiger partial charge in [0.2, 0.25) is 0 Å². The number of benzene rings is 2. The first-order chi connectivity index (χ1) is 12.3. The number of carbonyl (C=O) groups excluding carboxylic acids is 1. The molecule has 25 heavy (non-hydrogen) atoms. The third-order valence-corrected chi connectivity index (χ3v) is 5.26. The minimum Gasteiger partial charge on any atom is -0.469 e. The summed E-state index contributed by atoms with van der Waals surface area (Å²) in [5.41, 5.74) is 2.75. The van der Waals surface area contributed by atoms with E-state index in [2.05, 4.69) is 65.6 Å². The maximum atomic E-state index is 11.7. The molecule has 3 heteroatoms. The van der Waals surface area contributed by atoms with E-state index in [-0.39, 0.29) is 11.9 Å². The average molecular weight is 337 g/mol. The van der Waals surface area contributed by atoms with Crippen LogP contribution >= 0.6 is 0 Å². The van der Waals surface area contributed by atoms with E-state index in [0.29, 0.717) is 5.92 Å². The fourth-order valence-corrected chi connectivity index (χ4v) is 3.77. The van der Waals surface area contributed by atoms with Gasteiger partial charge in [0.15, 0.2) is 0 Å². The molecule has 0 radical (unpaired) electrons. The number of carbonyl (C=O) groups is 1. The van der Waals surface area contributed by atoms with E-state index < -0.39 is 0 Å². The summed E-state index contributed by atoms with van der Waals surface area (Å²) in [4.78, 5) is 14.2. The predicted molar refractivity (Wildman–Crippen MR) is 101 cm³/mol. The Morgan fingerprint density at radius 2 is 1.52 bits per heavy atom. The van der Waals surface area contributed by atoms with Gasteiger partial charge in [-0.15, -0.1) is 0 Å². The summed E-state index contributed by atoms with van der Waals surface area (Å²) in [6.45, 7) is 3.02. The van der Waals surface area contributed by atoms with Crippen LogP contribution in [0, 0.1) is 5.92 Å². The second kappa shape index (κ2) is 8.82. The van der Waals surface area contributed by atoms with Crippen LogP contribution in [0.5, 0.6) is 0 Å². The van der Waals surface area contributed by atoms with Gasteiger partial charge in [-0.2, -0.15) is 0 Å². The van der Waals surface area contributed by atoms with Gasteiger partial charge in [-0.3, -0.25) is 4.79 Å². The minimum atomic E-state index is -0.0499. The number of hydrogen-bond acceptors (Lipinski definition) is 3. The Morgan fingerprint density at radius 1 is 1.00 bits per heavy atom. The monoisotopic (exact) mass is 337 g/mol. The molecule has 0 bridgehead atoms. The minimum absolute atomic E-state index is 0.0499. The molecule has 0 atom stereocenters. The maximum absolute atomic E-state index is 11.7. The summed E-state index contributed by atoms with van der Waals surface area (Å²) >= 11 is 0. The Morgan fingerprint density at radius 3 is 2.00 bits per heavy atom. The largest absolute Gasteiger partial charge is 0.469 e. The summed E-state index contributed by atoms with van der Waals surface area (Å²) in [6, 6.07) is 21.5. The lowest BCUT2D eigenvalue weighted by Crippen LogP contribution is -2.37. The molecule has 0 aromatic heterocycles. The van der Waals surface area contributed by atoms with Gasteiger partial charge in [-0.25, -0.2) is 0 Å². The molecule has 0 saturated carbocycles. The third-order valence-electron chi connectivity index (χ3n) is 5.26. The van der Waals surface area contributed by atoms with Gasteiger partial charge >= 0.3 is 5.97 Å². The first-order valence-corrected chi connectivity index (χ1v) is 9.18. The first-order valence-electron chi connectivity index (χ1n) is 9.18. The van der Waals surface area contributed by atoms with Gasteiger partial charge in [0, 0.05) is 5.92 Å². The van der Waals surface area contributed by atoms with Crippen molar-refractivity contribution in [1.29, 1.82) is 0 Å². The highest BCUT2D eigenvalue weighted by Crippen LogP contribution is 2.29. The van der Waals surface area contributed by atoms with Gasteiger partial charge in [0.1, 0.15) is 0 Å². The van der Waals surface area contributed by atoms with Crippen LogP contribution in [-0.4, -0.2) is 37.6 Å². The van der Waals surface area contributed by atoms with Crippen molar-refractivity contribution in [3.05, 3.63) is 71.8 Å². The van der Waals surface area contributed by atoms with Crippen LogP contribution in [0.3, 0.4) is 0 Å². The van der Waals surface area contributed by atoms with Gasteiger partial charge < -0.3 is 9.64 Å². The van der Waals surface area contributed by atoms with Crippen molar-refractivity contribution in [1.82, 2.24) is 4.90 Å². The lowest BCUT2D eigenvalue weighted by atomic mass is 9.88. The number of piperidine rings is 1. The SMILES string of the molecule is COC(=O)C1CCN(CCC(c2ccccc2)c2ccccc2)CC1. The van der Waals surface area contributed by atoms with Crippen LogP contribution in [0.15, 0.2) is 60.7 Å². The highest BCUT2D eigenvalue weighted by molar-refractivity contribution is 5.72. The summed E-state index contributed by atoms with van der Waals surface area (Å²) in [5, 5.41) is 0. The van der Waals surface area contributed by atoms with Crippen LogP contribution < -0.4 is 0 Å². The molecular formula is C22H27NO2.